The first-order valence-electron chi connectivity index (χ1n) is 9.21. The minimum absolute atomic E-state index is 0.147. The molecule has 2 aromatic heterocycles. The number of aromatic amines is 2. The fourth-order valence-corrected chi connectivity index (χ4v) is 4.07. The van der Waals surface area contributed by atoms with Crippen molar-refractivity contribution < 1.29 is 0 Å². The lowest BCUT2D eigenvalue weighted by Crippen LogP contribution is -2.09. The summed E-state index contributed by atoms with van der Waals surface area (Å²) in [7, 11) is 0. The molecule has 0 unspecified atom stereocenters. The third kappa shape index (κ3) is 2.06. The van der Waals surface area contributed by atoms with Gasteiger partial charge in [-0.25, -0.2) is 4.98 Å². The molecule has 0 aliphatic rings. The van der Waals surface area contributed by atoms with Crippen LogP contribution in [0, 0.1) is 0 Å². The normalized spacial score (nSPS) is 11.7. The smallest absolute Gasteiger partial charge is 0.259 e. The zero-order valence-corrected chi connectivity index (χ0v) is 14.9. The number of aromatic nitrogens is 3. The number of nitrogens with one attached hydrogen (secondary N) is 2. The molecule has 2 heterocycles. The Morgan fingerprint density at radius 2 is 1.32 bits per heavy atom. The summed E-state index contributed by atoms with van der Waals surface area (Å²) in [5.74, 6) is 0.587. The lowest BCUT2D eigenvalue weighted by Gasteiger charge is -2.05. The maximum Gasteiger partial charge on any atom is 0.259 e. The van der Waals surface area contributed by atoms with Gasteiger partial charge < -0.3 is 9.97 Å². The lowest BCUT2D eigenvalue weighted by atomic mass is 10.0. The Balaban J connectivity index is 1.75. The maximum atomic E-state index is 12.7. The fourth-order valence-electron chi connectivity index (χ4n) is 4.07. The van der Waals surface area contributed by atoms with Crippen molar-refractivity contribution in [2.24, 2.45) is 0 Å². The van der Waals surface area contributed by atoms with Crippen molar-refractivity contribution in [1.29, 1.82) is 0 Å². The molecule has 0 fully saturated rings. The molecule has 0 saturated heterocycles. The van der Waals surface area contributed by atoms with Crippen molar-refractivity contribution in [3.05, 3.63) is 89.2 Å². The summed E-state index contributed by atoms with van der Waals surface area (Å²) >= 11 is 0. The van der Waals surface area contributed by atoms with E-state index in [1.165, 1.54) is 5.39 Å². The summed E-state index contributed by atoms with van der Waals surface area (Å²) in [6.07, 6.45) is 0. The number of benzene rings is 4. The number of rotatable bonds is 1. The molecule has 28 heavy (non-hydrogen) atoms. The first-order chi connectivity index (χ1) is 13.8. The molecule has 6 rings (SSSR count). The number of H-pyrrole nitrogens is 2. The van der Waals surface area contributed by atoms with Crippen LogP contribution >= 0.6 is 0 Å². The molecule has 0 bridgehead atoms. The van der Waals surface area contributed by atoms with Crippen molar-refractivity contribution >= 4 is 43.5 Å². The predicted molar refractivity (Wildman–Crippen MR) is 115 cm³/mol. The third-order valence-corrected chi connectivity index (χ3v) is 5.38. The first kappa shape index (κ1) is 15.2. The van der Waals surface area contributed by atoms with Gasteiger partial charge in [-0.2, -0.15) is 0 Å². The predicted octanol–water partition coefficient (Wildman–Crippen LogP) is 5.38. The quantitative estimate of drug-likeness (QED) is 0.386. The van der Waals surface area contributed by atoms with Crippen LogP contribution in [0.1, 0.15) is 0 Å². The van der Waals surface area contributed by atoms with E-state index in [0.29, 0.717) is 11.4 Å². The van der Waals surface area contributed by atoms with Gasteiger partial charge in [0.15, 0.2) is 0 Å². The van der Waals surface area contributed by atoms with Gasteiger partial charge in [-0.05, 0) is 28.3 Å². The summed E-state index contributed by atoms with van der Waals surface area (Å²) in [6.45, 7) is 0. The van der Waals surface area contributed by atoms with Crippen molar-refractivity contribution in [3.63, 3.8) is 0 Å². The van der Waals surface area contributed by atoms with E-state index in [0.717, 1.165) is 38.1 Å². The second-order valence-corrected chi connectivity index (χ2v) is 7.00. The number of hydrogen-bond acceptors (Lipinski definition) is 2. The van der Waals surface area contributed by atoms with Gasteiger partial charge in [0, 0.05) is 16.3 Å². The highest BCUT2D eigenvalue weighted by molar-refractivity contribution is 6.23. The van der Waals surface area contributed by atoms with Gasteiger partial charge in [-0.1, -0.05) is 66.7 Å². The van der Waals surface area contributed by atoms with E-state index in [-0.39, 0.29) is 5.56 Å². The molecule has 0 spiro atoms. The second-order valence-electron chi connectivity index (χ2n) is 7.00. The standard InChI is InChI=1S/C24H15N3O/c28-24-19(13-14-7-1-6-12-20(14)25-24)23-26-21-17-10-4-2-8-15(17)16-9-3-5-11-18(16)22(21)27-23/h1-13H,(H,25,28)(H,26,27). The topological polar surface area (TPSA) is 61.5 Å². The minimum Gasteiger partial charge on any atom is -0.337 e. The van der Waals surface area contributed by atoms with E-state index in [4.69, 9.17) is 4.98 Å². The SMILES string of the molecule is O=c1[nH]c2ccccc2cc1-c1nc2c3ccccc3c3ccccc3c2[nH]1. The Hall–Kier alpha value is -3.92. The van der Waals surface area contributed by atoms with Gasteiger partial charge in [0.2, 0.25) is 0 Å². The summed E-state index contributed by atoms with van der Waals surface area (Å²) in [5, 5.41) is 5.50. The maximum absolute atomic E-state index is 12.7. The van der Waals surface area contributed by atoms with Crippen LogP contribution in [0.15, 0.2) is 83.7 Å². The average molecular weight is 361 g/mol. The first-order valence-corrected chi connectivity index (χ1v) is 9.21. The number of pyridine rings is 1. The van der Waals surface area contributed by atoms with Crippen molar-refractivity contribution in [3.8, 4) is 11.4 Å². The number of nitrogens with zero attached hydrogens (tertiary/aromatic N) is 1. The van der Waals surface area contributed by atoms with Crippen LogP contribution in [0.25, 0.3) is 54.9 Å². The van der Waals surface area contributed by atoms with Crippen LogP contribution in [0.5, 0.6) is 0 Å². The van der Waals surface area contributed by atoms with Crippen LogP contribution < -0.4 is 5.56 Å². The molecule has 0 atom stereocenters. The molecular formula is C24H15N3O. The van der Waals surface area contributed by atoms with E-state index in [1.54, 1.807) is 0 Å². The highest BCUT2D eigenvalue weighted by Gasteiger charge is 2.15. The Labute approximate surface area is 159 Å². The van der Waals surface area contributed by atoms with Crippen LogP contribution in [0.3, 0.4) is 0 Å². The number of para-hydroxylation sites is 1. The Morgan fingerprint density at radius 3 is 2.14 bits per heavy atom. The lowest BCUT2D eigenvalue weighted by molar-refractivity contribution is 1.25. The highest BCUT2D eigenvalue weighted by atomic mass is 16.1. The van der Waals surface area contributed by atoms with E-state index < -0.39 is 0 Å². The number of hydrogen-bond donors (Lipinski definition) is 2. The summed E-state index contributed by atoms with van der Waals surface area (Å²) in [6, 6.07) is 26.2. The minimum atomic E-state index is -0.147. The van der Waals surface area contributed by atoms with Crippen molar-refractivity contribution in [2.75, 3.05) is 0 Å². The van der Waals surface area contributed by atoms with Gasteiger partial charge in [0.1, 0.15) is 5.82 Å². The van der Waals surface area contributed by atoms with Crippen molar-refractivity contribution in [1.82, 2.24) is 15.0 Å². The van der Waals surface area contributed by atoms with Crippen molar-refractivity contribution in [2.45, 2.75) is 0 Å². The summed E-state index contributed by atoms with van der Waals surface area (Å²) < 4.78 is 0. The number of imidazole rings is 1. The average Bonchev–Trinajstić information content (AvgIpc) is 3.19. The molecule has 4 aromatic carbocycles. The van der Waals surface area contributed by atoms with Crippen LogP contribution in [0.2, 0.25) is 0 Å². The van der Waals surface area contributed by atoms with E-state index in [2.05, 4.69) is 34.2 Å². The zero-order valence-electron chi connectivity index (χ0n) is 14.9. The fraction of sp³-hybridized carbons (Fsp3) is 0. The Kier molecular flexibility index (Phi) is 3.00. The molecule has 0 aliphatic carbocycles. The monoisotopic (exact) mass is 361 g/mol. The summed E-state index contributed by atoms with van der Waals surface area (Å²) in [4.78, 5) is 24.0. The molecule has 6 aromatic rings. The molecule has 0 saturated carbocycles. The van der Waals surface area contributed by atoms with Gasteiger partial charge in [0.25, 0.3) is 5.56 Å². The molecule has 132 valence electrons. The van der Waals surface area contributed by atoms with Crippen LogP contribution in [0.4, 0.5) is 0 Å². The van der Waals surface area contributed by atoms with Gasteiger partial charge in [0.05, 0.1) is 16.6 Å². The molecule has 2 N–H and O–H groups in total. The van der Waals surface area contributed by atoms with Crippen LogP contribution in [-0.4, -0.2) is 15.0 Å². The largest absolute Gasteiger partial charge is 0.337 e. The zero-order chi connectivity index (χ0) is 18.7. The number of fused-ring (bicyclic) bond motifs is 7. The van der Waals surface area contributed by atoms with E-state index in [1.807, 2.05) is 54.6 Å². The Morgan fingerprint density at radius 1 is 0.679 bits per heavy atom. The molecule has 0 amide bonds. The molecule has 0 radical (unpaired) electrons. The molecule has 4 nitrogen and oxygen atoms in total. The highest BCUT2D eigenvalue weighted by Crippen LogP contribution is 2.34. The van der Waals surface area contributed by atoms with E-state index in [9.17, 15) is 4.79 Å². The van der Waals surface area contributed by atoms with Gasteiger partial charge in [-0.3, -0.25) is 4.79 Å². The van der Waals surface area contributed by atoms with Gasteiger partial charge in [-0.15, -0.1) is 0 Å². The molecular weight excluding hydrogens is 346 g/mol. The van der Waals surface area contributed by atoms with E-state index >= 15 is 0 Å². The molecule has 0 aliphatic heterocycles. The molecule has 4 heteroatoms. The van der Waals surface area contributed by atoms with Crippen LogP contribution in [-0.2, 0) is 0 Å². The third-order valence-electron chi connectivity index (χ3n) is 5.38. The summed E-state index contributed by atoms with van der Waals surface area (Å²) in [5.41, 5.74) is 3.06. The second kappa shape index (κ2) is 5.54. The van der Waals surface area contributed by atoms with Gasteiger partial charge >= 0.3 is 0 Å². The Bertz CT molecular complexity index is 1520.